The number of fused-ring (bicyclic) bond motifs is 1. The van der Waals surface area contributed by atoms with Crippen LogP contribution in [-0.4, -0.2) is 26.3 Å². The molecule has 2 fully saturated rings. The largest absolute Gasteiger partial charge is 0.348 e. The molecule has 2 aromatic carbocycles. The van der Waals surface area contributed by atoms with Crippen LogP contribution in [-0.2, 0) is 5.54 Å². The molecule has 2 aliphatic heterocycles. The van der Waals surface area contributed by atoms with E-state index in [9.17, 15) is 10.1 Å². The van der Waals surface area contributed by atoms with Crippen molar-refractivity contribution in [3.63, 3.8) is 0 Å². The molecule has 0 saturated carbocycles. The zero-order valence-corrected chi connectivity index (χ0v) is 15.4. The van der Waals surface area contributed by atoms with Crippen LogP contribution in [0.15, 0.2) is 54.6 Å². The van der Waals surface area contributed by atoms with Crippen molar-refractivity contribution in [3.8, 4) is 0 Å². The SMILES string of the molecule is C[C@@]1(c2ccc([N+](=O)[O-])cc2)NC(=S)N2[C@@H]1NC(=S)N2c1ccccc1. The lowest BCUT2D eigenvalue weighted by Crippen LogP contribution is -2.49. The van der Waals surface area contributed by atoms with Crippen LogP contribution in [0, 0.1) is 10.1 Å². The standard InChI is InChI=1S/C17H15N5O2S2/c1-17(11-7-9-13(10-8-11)22(23)24)14-18-15(25)20(21(14)16(26)19-17)12-5-3-2-4-6-12/h2-10,14H,1H3,(H,18,25)(H,19,26)/t14-,17-/m0/s1. The third-order valence-corrected chi connectivity index (χ3v) is 5.29. The minimum Gasteiger partial charge on any atom is -0.348 e. The van der Waals surface area contributed by atoms with Gasteiger partial charge in [0.15, 0.2) is 16.4 Å². The molecule has 2 aromatic rings. The van der Waals surface area contributed by atoms with Gasteiger partial charge in [-0.3, -0.25) is 10.1 Å². The second-order valence-corrected chi connectivity index (χ2v) is 7.05. The number of non-ortho nitro benzene ring substituents is 1. The normalized spacial score (nSPS) is 24.3. The van der Waals surface area contributed by atoms with Gasteiger partial charge in [0.25, 0.3) is 5.69 Å². The fourth-order valence-corrected chi connectivity index (χ4v) is 4.07. The number of rotatable bonds is 3. The first-order chi connectivity index (χ1) is 12.4. The van der Waals surface area contributed by atoms with Crippen molar-refractivity contribution < 1.29 is 4.92 Å². The molecule has 0 bridgehead atoms. The molecule has 7 nitrogen and oxygen atoms in total. The van der Waals surface area contributed by atoms with Gasteiger partial charge in [0.05, 0.1) is 10.6 Å². The van der Waals surface area contributed by atoms with Gasteiger partial charge in [-0.1, -0.05) is 18.2 Å². The van der Waals surface area contributed by atoms with Crippen molar-refractivity contribution in [2.24, 2.45) is 0 Å². The number of anilines is 1. The molecule has 2 aliphatic rings. The second-order valence-electron chi connectivity index (χ2n) is 6.28. The molecule has 2 saturated heterocycles. The Labute approximate surface area is 160 Å². The van der Waals surface area contributed by atoms with Gasteiger partial charge < -0.3 is 10.6 Å². The fourth-order valence-electron chi connectivity index (χ4n) is 3.37. The molecule has 0 unspecified atom stereocenters. The monoisotopic (exact) mass is 385 g/mol. The highest BCUT2D eigenvalue weighted by Gasteiger charge is 2.55. The topological polar surface area (TPSA) is 73.7 Å². The quantitative estimate of drug-likeness (QED) is 0.475. The van der Waals surface area contributed by atoms with Gasteiger partial charge in [-0.2, -0.15) is 0 Å². The van der Waals surface area contributed by atoms with Crippen molar-refractivity contribution in [3.05, 3.63) is 70.3 Å². The number of nitro groups is 1. The van der Waals surface area contributed by atoms with Crippen LogP contribution in [0.5, 0.6) is 0 Å². The summed E-state index contributed by atoms with van der Waals surface area (Å²) in [5.41, 5.74) is 1.24. The molecule has 2 atom stereocenters. The number of hydrazine groups is 1. The minimum absolute atomic E-state index is 0.0515. The molecule has 0 spiro atoms. The first kappa shape index (κ1) is 16.7. The molecule has 9 heteroatoms. The first-order valence-corrected chi connectivity index (χ1v) is 8.75. The third-order valence-electron chi connectivity index (χ3n) is 4.71. The Balaban J connectivity index is 1.72. The first-order valence-electron chi connectivity index (χ1n) is 7.94. The number of para-hydroxylation sites is 1. The molecule has 2 heterocycles. The lowest BCUT2D eigenvalue weighted by Gasteiger charge is -2.30. The molecular formula is C17H15N5O2S2. The van der Waals surface area contributed by atoms with Gasteiger partial charge in [0, 0.05) is 12.1 Å². The molecule has 0 aliphatic carbocycles. The van der Waals surface area contributed by atoms with E-state index < -0.39 is 10.5 Å². The van der Waals surface area contributed by atoms with Gasteiger partial charge in [-0.15, -0.1) is 0 Å². The van der Waals surface area contributed by atoms with Gasteiger partial charge in [-0.25, -0.2) is 10.0 Å². The van der Waals surface area contributed by atoms with E-state index in [2.05, 4.69) is 10.6 Å². The van der Waals surface area contributed by atoms with E-state index in [0.29, 0.717) is 10.2 Å². The average molecular weight is 385 g/mol. The lowest BCUT2D eigenvalue weighted by molar-refractivity contribution is -0.384. The highest BCUT2D eigenvalue weighted by atomic mass is 32.1. The lowest BCUT2D eigenvalue weighted by atomic mass is 9.90. The minimum atomic E-state index is -0.597. The summed E-state index contributed by atoms with van der Waals surface area (Å²) >= 11 is 11.1. The van der Waals surface area contributed by atoms with Gasteiger partial charge in [-0.05, 0) is 61.2 Å². The third kappa shape index (κ3) is 2.39. The Morgan fingerprint density at radius 2 is 1.73 bits per heavy atom. The van der Waals surface area contributed by atoms with E-state index in [4.69, 9.17) is 24.4 Å². The molecular weight excluding hydrogens is 370 g/mol. The smallest absolute Gasteiger partial charge is 0.269 e. The second kappa shape index (κ2) is 5.89. The summed E-state index contributed by atoms with van der Waals surface area (Å²) in [6.07, 6.45) is -0.246. The molecule has 26 heavy (non-hydrogen) atoms. The molecule has 0 aromatic heterocycles. The van der Waals surface area contributed by atoms with E-state index in [0.717, 1.165) is 11.3 Å². The molecule has 132 valence electrons. The summed E-state index contributed by atoms with van der Waals surface area (Å²) in [6.45, 7) is 2.00. The predicted octanol–water partition coefficient (Wildman–Crippen LogP) is 2.64. The number of nitrogens with one attached hydrogen (secondary N) is 2. The van der Waals surface area contributed by atoms with Crippen molar-refractivity contribution in [2.45, 2.75) is 18.6 Å². The Kier molecular flexibility index (Phi) is 3.78. The summed E-state index contributed by atoms with van der Waals surface area (Å²) in [7, 11) is 0. The Hall–Kier alpha value is -2.78. The van der Waals surface area contributed by atoms with Crippen molar-refractivity contribution in [1.29, 1.82) is 0 Å². The predicted molar refractivity (Wildman–Crippen MR) is 106 cm³/mol. The maximum Gasteiger partial charge on any atom is 0.269 e. The Morgan fingerprint density at radius 3 is 2.35 bits per heavy atom. The number of nitrogens with zero attached hydrogens (tertiary/aromatic N) is 3. The Morgan fingerprint density at radius 1 is 1.08 bits per heavy atom. The number of hydrogen-bond acceptors (Lipinski definition) is 4. The number of hydrogen-bond donors (Lipinski definition) is 2. The summed E-state index contributed by atoms with van der Waals surface area (Å²) in [6, 6.07) is 16.2. The van der Waals surface area contributed by atoms with Crippen LogP contribution >= 0.6 is 24.4 Å². The number of benzene rings is 2. The maximum atomic E-state index is 10.9. The van der Waals surface area contributed by atoms with Gasteiger partial charge >= 0.3 is 0 Å². The number of nitro benzene ring substituents is 1. The molecule has 0 amide bonds. The highest BCUT2D eigenvalue weighted by Crippen LogP contribution is 2.38. The molecule has 4 rings (SSSR count). The van der Waals surface area contributed by atoms with E-state index in [1.165, 1.54) is 12.1 Å². The van der Waals surface area contributed by atoms with Crippen LogP contribution in [0.25, 0.3) is 0 Å². The van der Waals surface area contributed by atoms with Crippen molar-refractivity contribution in [2.75, 3.05) is 5.01 Å². The van der Waals surface area contributed by atoms with E-state index in [1.54, 1.807) is 12.1 Å². The van der Waals surface area contributed by atoms with Gasteiger partial charge in [0.2, 0.25) is 0 Å². The van der Waals surface area contributed by atoms with E-state index >= 15 is 0 Å². The fraction of sp³-hybridized carbons (Fsp3) is 0.176. The number of thiocarbonyl (C=S) groups is 2. The summed E-state index contributed by atoms with van der Waals surface area (Å²) in [5.74, 6) is 0. The van der Waals surface area contributed by atoms with Crippen LogP contribution in [0.2, 0.25) is 0 Å². The average Bonchev–Trinajstić information content (AvgIpc) is 3.11. The van der Waals surface area contributed by atoms with Crippen LogP contribution in [0.1, 0.15) is 12.5 Å². The Bertz CT molecular complexity index is 905. The maximum absolute atomic E-state index is 10.9. The van der Waals surface area contributed by atoms with Crippen LogP contribution < -0.4 is 15.6 Å². The van der Waals surface area contributed by atoms with Gasteiger partial charge in [0.1, 0.15) is 5.54 Å². The van der Waals surface area contributed by atoms with Crippen molar-refractivity contribution >= 4 is 46.0 Å². The summed E-state index contributed by atoms with van der Waals surface area (Å²) in [4.78, 5) is 10.5. The van der Waals surface area contributed by atoms with E-state index in [-0.39, 0.29) is 11.9 Å². The van der Waals surface area contributed by atoms with Crippen LogP contribution in [0.3, 0.4) is 0 Å². The molecule has 2 N–H and O–H groups in total. The van der Waals surface area contributed by atoms with E-state index in [1.807, 2.05) is 47.3 Å². The molecule has 0 radical (unpaired) electrons. The van der Waals surface area contributed by atoms with Crippen molar-refractivity contribution in [1.82, 2.24) is 15.6 Å². The highest BCUT2D eigenvalue weighted by molar-refractivity contribution is 7.81. The zero-order chi connectivity index (χ0) is 18.5. The summed E-state index contributed by atoms with van der Waals surface area (Å²) < 4.78 is 0. The van der Waals surface area contributed by atoms with Crippen LogP contribution in [0.4, 0.5) is 11.4 Å². The summed E-state index contributed by atoms with van der Waals surface area (Å²) in [5, 5.41) is 22.4. The zero-order valence-electron chi connectivity index (χ0n) is 13.7.